The standard InChI is InChI=1S/C15H18ClNO4/c1-9(4-6-19-2)17-11-8-12-10(5-7-21-12)13(14(11)16)15(18)20-3/h5,7-9,17H,4,6H2,1-3H3. The Kier molecular flexibility index (Phi) is 5.09. The highest BCUT2D eigenvalue weighted by Gasteiger charge is 2.21. The lowest BCUT2D eigenvalue weighted by molar-refractivity contribution is 0.0603. The SMILES string of the molecule is COCCC(C)Nc1cc2occc2c(C(=O)OC)c1Cl. The molecule has 1 heterocycles. The third-order valence-corrected chi connectivity index (χ3v) is 3.63. The van der Waals surface area contributed by atoms with Crippen molar-refractivity contribution in [2.45, 2.75) is 19.4 Å². The third kappa shape index (κ3) is 3.31. The Morgan fingerprint density at radius 1 is 1.48 bits per heavy atom. The number of carbonyl (C=O) groups is 1. The first-order valence-electron chi connectivity index (χ1n) is 6.62. The largest absolute Gasteiger partial charge is 0.465 e. The van der Waals surface area contributed by atoms with Crippen LogP contribution in [0.1, 0.15) is 23.7 Å². The van der Waals surface area contributed by atoms with Crippen molar-refractivity contribution < 1.29 is 18.7 Å². The van der Waals surface area contributed by atoms with Crippen LogP contribution < -0.4 is 5.32 Å². The lowest BCUT2D eigenvalue weighted by Gasteiger charge is -2.17. The molecule has 5 nitrogen and oxygen atoms in total. The molecule has 1 N–H and O–H groups in total. The van der Waals surface area contributed by atoms with Gasteiger partial charge in [-0.05, 0) is 19.4 Å². The van der Waals surface area contributed by atoms with Crippen LogP contribution in [0.5, 0.6) is 0 Å². The van der Waals surface area contributed by atoms with E-state index in [1.165, 1.54) is 13.4 Å². The van der Waals surface area contributed by atoms with Crippen molar-refractivity contribution in [3.63, 3.8) is 0 Å². The molecule has 6 heteroatoms. The molecule has 0 aliphatic rings. The number of hydrogen-bond acceptors (Lipinski definition) is 5. The monoisotopic (exact) mass is 311 g/mol. The molecule has 21 heavy (non-hydrogen) atoms. The molecule has 0 aliphatic heterocycles. The highest BCUT2D eigenvalue weighted by Crippen LogP contribution is 2.35. The molecule has 1 atom stereocenters. The van der Waals surface area contributed by atoms with Crippen LogP contribution in [-0.4, -0.2) is 32.8 Å². The maximum Gasteiger partial charge on any atom is 0.340 e. The molecular formula is C15H18ClNO4. The molecule has 0 amide bonds. The van der Waals surface area contributed by atoms with Gasteiger partial charge in [0, 0.05) is 31.2 Å². The Hall–Kier alpha value is -1.72. The van der Waals surface area contributed by atoms with Gasteiger partial charge < -0.3 is 19.2 Å². The van der Waals surface area contributed by atoms with Crippen LogP contribution in [0.2, 0.25) is 5.02 Å². The van der Waals surface area contributed by atoms with Gasteiger partial charge in [0.15, 0.2) is 0 Å². The van der Waals surface area contributed by atoms with Crippen LogP contribution >= 0.6 is 11.6 Å². The van der Waals surface area contributed by atoms with Crippen LogP contribution in [0.4, 0.5) is 5.69 Å². The highest BCUT2D eigenvalue weighted by molar-refractivity contribution is 6.38. The van der Waals surface area contributed by atoms with Crippen LogP contribution in [-0.2, 0) is 9.47 Å². The van der Waals surface area contributed by atoms with E-state index in [9.17, 15) is 4.79 Å². The van der Waals surface area contributed by atoms with E-state index in [0.29, 0.717) is 33.8 Å². The molecular weight excluding hydrogens is 294 g/mol. The van der Waals surface area contributed by atoms with Crippen LogP contribution in [0.15, 0.2) is 22.8 Å². The molecule has 0 saturated carbocycles. The zero-order valence-corrected chi connectivity index (χ0v) is 13.0. The van der Waals surface area contributed by atoms with E-state index in [-0.39, 0.29) is 6.04 Å². The summed E-state index contributed by atoms with van der Waals surface area (Å²) in [7, 11) is 2.98. The molecule has 1 unspecified atom stereocenters. The van der Waals surface area contributed by atoms with Crippen LogP contribution in [0.25, 0.3) is 11.0 Å². The first-order chi connectivity index (χ1) is 10.1. The topological polar surface area (TPSA) is 60.7 Å². The zero-order chi connectivity index (χ0) is 15.4. The quantitative estimate of drug-likeness (QED) is 0.824. The van der Waals surface area contributed by atoms with E-state index >= 15 is 0 Å². The smallest absolute Gasteiger partial charge is 0.340 e. The number of furan rings is 1. The second kappa shape index (κ2) is 6.83. The number of carbonyl (C=O) groups excluding carboxylic acids is 1. The molecule has 1 aromatic heterocycles. The van der Waals surface area contributed by atoms with Gasteiger partial charge in [-0.15, -0.1) is 0 Å². The molecule has 114 valence electrons. The van der Waals surface area contributed by atoms with Gasteiger partial charge in [-0.3, -0.25) is 0 Å². The summed E-state index contributed by atoms with van der Waals surface area (Å²) in [6.07, 6.45) is 2.34. The second-order valence-electron chi connectivity index (χ2n) is 4.76. The van der Waals surface area contributed by atoms with Gasteiger partial charge in [0.05, 0.1) is 29.6 Å². The summed E-state index contributed by atoms with van der Waals surface area (Å²) in [4.78, 5) is 12.0. The van der Waals surface area contributed by atoms with Crippen molar-refractivity contribution in [3.05, 3.63) is 29.0 Å². The molecule has 2 aromatic rings. The van der Waals surface area contributed by atoms with E-state index in [1.54, 1.807) is 19.2 Å². The summed E-state index contributed by atoms with van der Waals surface area (Å²) >= 11 is 6.36. The maximum atomic E-state index is 12.0. The summed E-state index contributed by atoms with van der Waals surface area (Å²) < 4.78 is 15.2. The lowest BCUT2D eigenvalue weighted by Crippen LogP contribution is -2.18. The second-order valence-corrected chi connectivity index (χ2v) is 5.14. The molecule has 0 spiro atoms. The van der Waals surface area contributed by atoms with Gasteiger partial charge in [-0.2, -0.15) is 0 Å². The van der Waals surface area contributed by atoms with Crippen molar-refractivity contribution in [1.29, 1.82) is 0 Å². The van der Waals surface area contributed by atoms with Gasteiger partial charge in [0.1, 0.15) is 5.58 Å². The fourth-order valence-electron chi connectivity index (χ4n) is 2.13. The van der Waals surface area contributed by atoms with Crippen LogP contribution in [0, 0.1) is 0 Å². The maximum absolute atomic E-state index is 12.0. The minimum absolute atomic E-state index is 0.139. The normalized spacial score (nSPS) is 12.4. The number of fused-ring (bicyclic) bond motifs is 1. The predicted octanol–water partition coefficient (Wildman–Crippen LogP) is 3.71. The summed E-state index contributed by atoms with van der Waals surface area (Å²) in [6, 6.07) is 3.62. The molecule has 0 radical (unpaired) electrons. The number of nitrogens with one attached hydrogen (secondary N) is 1. The number of benzene rings is 1. The number of rotatable bonds is 6. The fourth-order valence-corrected chi connectivity index (χ4v) is 2.41. The Morgan fingerprint density at radius 2 is 2.24 bits per heavy atom. The predicted molar refractivity (Wildman–Crippen MR) is 82.1 cm³/mol. The Labute approximate surface area is 128 Å². The first kappa shape index (κ1) is 15.7. The van der Waals surface area contributed by atoms with Gasteiger partial charge in [-0.1, -0.05) is 11.6 Å². The molecule has 0 saturated heterocycles. The van der Waals surface area contributed by atoms with Crippen molar-refractivity contribution in [2.24, 2.45) is 0 Å². The number of hydrogen-bond donors (Lipinski definition) is 1. The van der Waals surface area contributed by atoms with E-state index in [4.69, 9.17) is 25.5 Å². The van der Waals surface area contributed by atoms with E-state index in [0.717, 1.165) is 6.42 Å². The third-order valence-electron chi connectivity index (χ3n) is 3.24. The number of ether oxygens (including phenoxy) is 2. The van der Waals surface area contributed by atoms with E-state index in [1.807, 2.05) is 6.92 Å². The fraction of sp³-hybridized carbons (Fsp3) is 0.400. The average Bonchev–Trinajstić information content (AvgIpc) is 2.92. The summed E-state index contributed by atoms with van der Waals surface area (Å²) in [5.41, 5.74) is 1.54. The Morgan fingerprint density at radius 3 is 2.90 bits per heavy atom. The number of anilines is 1. The molecule has 1 aromatic carbocycles. The van der Waals surface area contributed by atoms with Gasteiger partial charge in [0.2, 0.25) is 0 Å². The van der Waals surface area contributed by atoms with E-state index < -0.39 is 5.97 Å². The highest BCUT2D eigenvalue weighted by atomic mass is 35.5. The van der Waals surface area contributed by atoms with Crippen molar-refractivity contribution in [3.8, 4) is 0 Å². The Bertz CT molecular complexity index is 638. The molecule has 0 fully saturated rings. The van der Waals surface area contributed by atoms with Gasteiger partial charge in [-0.25, -0.2) is 4.79 Å². The molecule has 2 rings (SSSR count). The van der Waals surface area contributed by atoms with Gasteiger partial charge >= 0.3 is 5.97 Å². The Balaban J connectivity index is 2.40. The molecule has 0 bridgehead atoms. The molecule has 0 aliphatic carbocycles. The first-order valence-corrected chi connectivity index (χ1v) is 6.99. The summed E-state index contributed by atoms with van der Waals surface area (Å²) in [5.74, 6) is -0.486. The number of halogens is 1. The van der Waals surface area contributed by atoms with Gasteiger partial charge in [0.25, 0.3) is 0 Å². The van der Waals surface area contributed by atoms with Crippen LogP contribution in [0.3, 0.4) is 0 Å². The van der Waals surface area contributed by atoms with Crippen molar-refractivity contribution in [2.75, 3.05) is 26.1 Å². The zero-order valence-electron chi connectivity index (χ0n) is 12.2. The number of methoxy groups -OCH3 is 2. The van der Waals surface area contributed by atoms with E-state index in [2.05, 4.69) is 5.32 Å². The number of esters is 1. The van der Waals surface area contributed by atoms with Crippen molar-refractivity contribution >= 4 is 34.2 Å². The average molecular weight is 312 g/mol. The minimum Gasteiger partial charge on any atom is -0.465 e. The lowest BCUT2D eigenvalue weighted by atomic mass is 10.1. The summed E-state index contributed by atoms with van der Waals surface area (Å²) in [6.45, 7) is 2.65. The summed E-state index contributed by atoms with van der Waals surface area (Å²) in [5, 5.41) is 4.24. The minimum atomic E-state index is -0.486. The van der Waals surface area contributed by atoms with Crippen molar-refractivity contribution in [1.82, 2.24) is 0 Å².